The molecule has 1 rings (SSSR count). The van der Waals surface area contributed by atoms with E-state index >= 15 is 0 Å². The number of para-hydroxylation sites is 1. The van der Waals surface area contributed by atoms with Gasteiger partial charge in [-0.25, -0.2) is 0 Å². The number of phenols is 1. The molecular formula is C9H11ClO2. The van der Waals surface area contributed by atoms with Crippen molar-refractivity contribution < 1.29 is 9.90 Å². The van der Waals surface area contributed by atoms with Gasteiger partial charge in [-0.3, -0.25) is 4.79 Å². The van der Waals surface area contributed by atoms with Crippen LogP contribution < -0.4 is 0 Å². The van der Waals surface area contributed by atoms with Gasteiger partial charge in [0.2, 0.25) is 0 Å². The van der Waals surface area contributed by atoms with Gasteiger partial charge in [-0.15, -0.1) is 11.6 Å². The first-order chi connectivity index (χ1) is 5.66. The number of ketones is 1. The van der Waals surface area contributed by atoms with E-state index in [2.05, 4.69) is 0 Å². The zero-order valence-corrected chi connectivity index (χ0v) is 7.58. The summed E-state index contributed by atoms with van der Waals surface area (Å²) in [5.41, 5.74) is 0. The Morgan fingerprint density at radius 3 is 2.00 bits per heavy atom. The summed E-state index contributed by atoms with van der Waals surface area (Å²) in [5, 5.41) is 8.63. The summed E-state index contributed by atoms with van der Waals surface area (Å²) in [5.74, 6) is 0.481. The van der Waals surface area contributed by atoms with Crippen molar-refractivity contribution in [2.45, 2.75) is 6.92 Å². The molecule has 0 heterocycles. The quantitative estimate of drug-likeness (QED) is 0.683. The zero-order valence-electron chi connectivity index (χ0n) is 6.83. The van der Waals surface area contributed by atoms with Crippen molar-refractivity contribution in [1.82, 2.24) is 0 Å². The molecule has 0 aromatic heterocycles. The number of aromatic hydroxyl groups is 1. The monoisotopic (exact) mass is 186 g/mol. The van der Waals surface area contributed by atoms with Crippen LogP contribution in [0, 0.1) is 0 Å². The molecule has 0 spiro atoms. The first-order valence-corrected chi connectivity index (χ1v) is 3.99. The Morgan fingerprint density at radius 1 is 1.42 bits per heavy atom. The zero-order chi connectivity index (χ0) is 9.40. The number of rotatable bonds is 1. The third-order valence-corrected chi connectivity index (χ3v) is 1.32. The van der Waals surface area contributed by atoms with Crippen LogP contribution in [0.1, 0.15) is 6.92 Å². The van der Waals surface area contributed by atoms with E-state index < -0.39 is 0 Å². The first kappa shape index (κ1) is 11.0. The minimum atomic E-state index is 0.0201. The molecule has 0 aliphatic heterocycles. The van der Waals surface area contributed by atoms with Crippen molar-refractivity contribution in [3.05, 3.63) is 30.3 Å². The van der Waals surface area contributed by atoms with Crippen LogP contribution in [0.3, 0.4) is 0 Å². The third kappa shape index (κ3) is 7.09. The number of hydrogen-bond donors (Lipinski definition) is 1. The van der Waals surface area contributed by atoms with E-state index in [1.54, 1.807) is 24.3 Å². The van der Waals surface area contributed by atoms with Gasteiger partial charge >= 0.3 is 0 Å². The van der Waals surface area contributed by atoms with Crippen molar-refractivity contribution in [3.8, 4) is 5.75 Å². The molecule has 1 aromatic carbocycles. The van der Waals surface area contributed by atoms with Gasteiger partial charge in [-0.1, -0.05) is 18.2 Å². The predicted molar refractivity (Wildman–Crippen MR) is 49.5 cm³/mol. The van der Waals surface area contributed by atoms with Crippen molar-refractivity contribution in [2.24, 2.45) is 0 Å². The highest BCUT2D eigenvalue weighted by atomic mass is 35.5. The lowest BCUT2D eigenvalue weighted by Crippen LogP contribution is -1.86. The molecule has 1 aromatic rings. The van der Waals surface area contributed by atoms with Gasteiger partial charge in [0.1, 0.15) is 11.5 Å². The van der Waals surface area contributed by atoms with Crippen LogP contribution in [-0.4, -0.2) is 16.8 Å². The first-order valence-electron chi connectivity index (χ1n) is 3.46. The van der Waals surface area contributed by atoms with Crippen LogP contribution in [0.5, 0.6) is 5.75 Å². The van der Waals surface area contributed by atoms with Crippen molar-refractivity contribution in [1.29, 1.82) is 0 Å². The SMILES string of the molecule is CC(=O)CCl.Oc1ccccc1. The number of halogens is 1. The molecule has 0 fully saturated rings. The lowest BCUT2D eigenvalue weighted by molar-refractivity contribution is -0.114. The van der Waals surface area contributed by atoms with E-state index in [0.29, 0.717) is 5.75 Å². The second kappa shape index (κ2) is 6.68. The molecule has 66 valence electrons. The second-order valence-electron chi connectivity index (χ2n) is 2.17. The van der Waals surface area contributed by atoms with Crippen molar-refractivity contribution in [3.63, 3.8) is 0 Å². The number of carbonyl (C=O) groups excluding carboxylic acids is 1. The summed E-state index contributed by atoms with van der Waals surface area (Å²) in [6.07, 6.45) is 0. The van der Waals surface area contributed by atoms with E-state index in [1.807, 2.05) is 6.07 Å². The number of Topliss-reactive ketones (excluding diaryl/α,β-unsaturated/α-hetero) is 1. The Hall–Kier alpha value is -1.02. The van der Waals surface area contributed by atoms with Gasteiger partial charge in [0, 0.05) is 0 Å². The molecule has 0 atom stereocenters. The standard InChI is InChI=1S/C6H6O.C3H5ClO/c7-6-4-2-1-3-5-6;1-3(5)2-4/h1-5,7H;2H2,1H3. The second-order valence-corrected chi connectivity index (χ2v) is 2.44. The normalized spacial score (nSPS) is 8.17. The van der Waals surface area contributed by atoms with Gasteiger partial charge in [0.25, 0.3) is 0 Å². The number of alkyl halides is 1. The number of benzene rings is 1. The smallest absolute Gasteiger partial charge is 0.144 e. The topological polar surface area (TPSA) is 37.3 Å². The number of phenolic OH excluding ortho intramolecular Hbond substituents is 1. The van der Waals surface area contributed by atoms with E-state index in [1.165, 1.54) is 6.92 Å². The average Bonchev–Trinajstić information content (AvgIpc) is 2.07. The fraction of sp³-hybridized carbons (Fsp3) is 0.222. The predicted octanol–water partition coefficient (Wildman–Crippen LogP) is 2.21. The van der Waals surface area contributed by atoms with E-state index in [-0.39, 0.29) is 11.7 Å². The van der Waals surface area contributed by atoms with Crippen molar-refractivity contribution >= 4 is 17.4 Å². The van der Waals surface area contributed by atoms with Gasteiger partial charge in [-0.05, 0) is 19.1 Å². The molecule has 0 aliphatic rings. The molecule has 0 bridgehead atoms. The summed E-state index contributed by atoms with van der Waals surface area (Å²) in [4.78, 5) is 9.68. The molecule has 3 heteroatoms. The summed E-state index contributed by atoms with van der Waals surface area (Å²) < 4.78 is 0. The lowest BCUT2D eigenvalue weighted by atomic mass is 10.3. The summed E-state index contributed by atoms with van der Waals surface area (Å²) >= 11 is 4.99. The highest BCUT2D eigenvalue weighted by Crippen LogP contribution is 2.02. The van der Waals surface area contributed by atoms with Crippen LogP contribution in [0.25, 0.3) is 0 Å². The van der Waals surface area contributed by atoms with Crippen LogP contribution in [-0.2, 0) is 4.79 Å². The molecule has 0 amide bonds. The maximum absolute atomic E-state index is 9.68. The fourth-order valence-corrected chi connectivity index (χ4v) is 0.428. The molecule has 0 radical (unpaired) electrons. The Balaban J connectivity index is 0.000000217. The highest BCUT2D eigenvalue weighted by Gasteiger charge is 1.79. The number of carbonyl (C=O) groups is 1. The Bertz CT molecular complexity index is 221. The van der Waals surface area contributed by atoms with E-state index in [9.17, 15) is 4.79 Å². The molecule has 0 unspecified atom stereocenters. The maximum Gasteiger partial charge on any atom is 0.144 e. The van der Waals surface area contributed by atoms with Gasteiger partial charge in [0.05, 0.1) is 5.88 Å². The largest absolute Gasteiger partial charge is 0.508 e. The summed E-state index contributed by atoms with van der Waals surface area (Å²) in [7, 11) is 0. The fourth-order valence-electron chi connectivity index (χ4n) is 0.428. The Kier molecular flexibility index (Phi) is 6.11. The van der Waals surface area contributed by atoms with Gasteiger partial charge < -0.3 is 5.11 Å². The van der Waals surface area contributed by atoms with E-state index in [0.717, 1.165) is 0 Å². The third-order valence-electron chi connectivity index (χ3n) is 0.944. The van der Waals surface area contributed by atoms with Gasteiger partial charge in [-0.2, -0.15) is 0 Å². The Morgan fingerprint density at radius 2 is 1.83 bits per heavy atom. The summed E-state index contributed by atoms with van der Waals surface area (Å²) in [6.45, 7) is 1.45. The molecule has 0 aliphatic carbocycles. The number of hydrogen-bond acceptors (Lipinski definition) is 2. The maximum atomic E-state index is 9.68. The average molecular weight is 187 g/mol. The van der Waals surface area contributed by atoms with Crippen LogP contribution in [0.4, 0.5) is 0 Å². The van der Waals surface area contributed by atoms with Crippen LogP contribution >= 0.6 is 11.6 Å². The highest BCUT2D eigenvalue weighted by molar-refractivity contribution is 6.27. The minimum absolute atomic E-state index is 0.0201. The Labute approximate surface area is 76.8 Å². The minimum Gasteiger partial charge on any atom is -0.508 e. The van der Waals surface area contributed by atoms with E-state index in [4.69, 9.17) is 16.7 Å². The molecular weight excluding hydrogens is 176 g/mol. The molecule has 12 heavy (non-hydrogen) atoms. The van der Waals surface area contributed by atoms with Crippen molar-refractivity contribution in [2.75, 3.05) is 5.88 Å². The summed E-state index contributed by atoms with van der Waals surface area (Å²) in [6, 6.07) is 8.71. The molecule has 0 saturated heterocycles. The van der Waals surface area contributed by atoms with Crippen LogP contribution in [0.2, 0.25) is 0 Å². The van der Waals surface area contributed by atoms with Gasteiger partial charge in [0.15, 0.2) is 0 Å². The molecule has 2 nitrogen and oxygen atoms in total. The molecule has 0 saturated carbocycles. The van der Waals surface area contributed by atoms with Crippen LogP contribution in [0.15, 0.2) is 30.3 Å². The molecule has 1 N–H and O–H groups in total. The lowest BCUT2D eigenvalue weighted by Gasteiger charge is -1.82.